The van der Waals surface area contributed by atoms with Crippen molar-refractivity contribution < 1.29 is 4.74 Å². The Morgan fingerprint density at radius 3 is 1.95 bits per heavy atom. The van der Waals surface area contributed by atoms with Crippen LogP contribution in [0.25, 0.3) is 0 Å². The fourth-order valence-electron chi connectivity index (χ4n) is 6.01. The van der Waals surface area contributed by atoms with Crippen molar-refractivity contribution >= 4 is 0 Å². The monoisotopic (exact) mass is 540 g/mol. The Balaban J connectivity index is 0.00000113. The summed E-state index contributed by atoms with van der Waals surface area (Å²) in [5.41, 5.74) is 3.45. The molecule has 1 fully saturated rings. The number of unbranched alkanes of at least 4 members (excludes halogenated alkanes) is 3. The van der Waals surface area contributed by atoms with Gasteiger partial charge in [0.15, 0.2) is 0 Å². The first-order valence-corrected chi connectivity index (χ1v) is 16.3. The molecule has 3 atom stereocenters. The Labute approximate surface area is 244 Å². The molecule has 0 bridgehead atoms. The van der Waals surface area contributed by atoms with Crippen LogP contribution in [0.3, 0.4) is 0 Å². The minimum Gasteiger partial charge on any atom is -0.374 e. The van der Waals surface area contributed by atoms with Gasteiger partial charge in [0.05, 0.1) is 18.3 Å². The summed E-state index contributed by atoms with van der Waals surface area (Å²) in [4.78, 5) is 0. The maximum absolute atomic E-state index is 9.22. The van der Waals surface area contributed by atoms with Crippen LogP contribution in [0.15, 0.2) is 24.3 Å². The van der Waals surface area contributed by atoms with Crippen molar-refractivity contribution in [1.82, 2.24) is 0 Å². The lowest BCUT2D eigenvalue weighted by atomic mass is 9.63. The molecule has 0 radical (unpaired) electrons. The second-order valence-corrected chi connectivity index (χ2v) is 14.9. The van der Waals surface area contributed by atoms with Gasteiger partial charge in [-0.15, -0.1) is 0 Å². The predicted octanol–water partition coefficient (Wildman–Crippen LogP) is 11.7. The van der Waals surface area contributed by atoms with Crippen molar-refractivity contribution in [3.8, 4) is 6.07 Å². The van der Waals surface area contributed by atoms with Crippen molar-refractivity contribution in [1.29, 1.82) is 5.26 Å². The van der Waals surface area contributed by atoms with Gasteiger partial charge in [0.1, 0.15) is 0 Å². The molecule has 3 unspecified atom stereocenters. The Bertz CT molecular complexity index is 827. The lowest BCUT2D eigenvalue weighted by molar-refractivity contribution is -0.160. The predicted molar refractivity (Wildman–Crippen MR) is 171 cm³/mol. The summed E-state index contributed by atoms with van der Waals surface area (Å²) in [7, 11) is 0. The molecule has 0 aliphatic carbocycles. The number of hydrogen-bond acceptors (Lipinski definition) is 2. The summed E-state index contributed by atoms with van der Waals surface area (Å²) in [5.74, 6) is 0.626. The first kappa shape index (κ1) is 35.7. The molecule has 2 heteroatoms. The van der Waals surface area contributed by atoms with Crippen LogP contribution in [0, 0.1) is 33.5 Å². The molecule has 1 saturated heterocycles. The van der Waals surface area contributed by atoms with Gasteiger partial charge in [-0.3, -0.25) is 0 Å². The van der Waals surface area contributed by atoms with E-state index in [1.165, 1.54) is 49.7 Å². The Kier molecular flexibility index (Phi) is 14.8. The normalized spacial score (nSPS) is 20.9. The standard InChI is InChI=1S/C31H51NO.C6H14/c1-10-25(20-32)12-13-26-14-16-27(17-15-26)24(3)30(8,9)22-31(21-28(4,5)11-2)19-18-29(6,7)23-33-31;1-3-5-6-4-2/h14-17,24-25H,10-13,18-19,21-23H2,1-9H3;3-6H2,1-2H3. The number of hydrogen-bond donors (Lipinski definition) is 0. The summed E-state index contributed by atoms with van der Waals surface area (Å²) in [6.45, 7) is 26.5. The summed E-state index contributed by atoms with van der Waals surface area (Å²) >= 11 is 0. The van der Waals surface area contributed by atoms with E-state index in [2.05, 4.69) is 106 Å². The van der Waals surface area contributed by atoms with E-state index in [-0.39, 0.29) is 22.3 Å². The van der Waals surface area contributed by atoms with Crippen LogP contribution in [0.1, 0.15) is 164 Å². The SMILES string of the molecule is CCC(C#N)CCc1ccc(C(C)C(C)(C)CC2(CC(C)(C)CC)CCC(C)(C)CO2)cc1.CCCCCC. The second kappa shape index (κ2) is 16.2. The maximum Gasteiger partial charge on any atom is 0.0693 e. The molecule has 0 aromatic heterocycles. The number of nitrogens with zero attached hydrogens (tertiary/aromatic N) is 1. The zero-order valence-corrected chi connectivity index (χ0v) is 28.0. The third kappa shape index (κ3) is 12.4. The molecule has 1 aliphatic heterocycles. The average molecular weight is 540 g/mol. The van der Waals surface area contributed by atoms with Gasteiger partial charge in [0.25, 0.3) is 0 Å². The van der Waals surface area contributed by atoms with Gasteiger partial charge in [-0.05, 0) is 78.2 Å². The van der Waals surface area contributed by atoms with Crippen LogP contribution < -0.4 is 0 Å². The van der Waals surface area contributed by atoms with Crippen molar-refractivity contribution in [3.63, 3.8) is 0 Å². The van der Waals surface area contributed by atoms with Crippen LogP contribution in [0.2, 0.25) is 0 Å². The van der Waals surface area contributed by atoms with Crippen LogP contribution >= 0.6 is 0 Å². The highest BCUT2D eigenvalue weighted by atomic mass is 16.5. The first-order valence-electron chi connectivity index (χ1n) is 16.3. The summed E-state index contributed by atoms with van der Waals surface area (Å²) in [6.07, 6.45) is 14.2. The lowest BCUT2D eigenvalue weighted by Gasteiger charge is -2.51. The highest BCUT2D eigenvalue weighted by molar-refractivity contribution is 5.27. The quantitative estimate of drug-likeness (QED) is 0.220. The molecule has 2 rings (SSSR count). The van der Waals surface area contributed by atoms with E-state index in [0.717, 1.165) is 45.1 Å². The van der Waals surface area contributed by atoms with Gasteiger partial charge in [0, 0.05) is 5.92 Å². The number of rotatable bonds is 14. The molecule has 2 nitrogen and oxygen atoms in total. The summed E-state index contributed by atoms with van der Waals surface area (Å²) in [5, 5.41) is 9.22. The summed E-state index contributed by atoms with van der Waals surface area (Å²) in [6, 6.07) is 11.6. The van der Waals surface area contributed by atoms with Crippen molar-refractivity contribution in [2.75, 3.05) is 6.61 Å². The van der Waals surface area contributed by atoms with E-state index in [0.29, 0.717) is 11.3 Å². The smallest absolute Gasteiger partial charge is 0.0693 e. The van der Waals surface area contributed by atoms with E-state index >= 15 is 0 Å². The van der Waals surface area contributed by atoms with Crippen LogP contribution in [-0.4, -0.2) is 12.2 Å². The van der Waals surface area contributed by atoms with E-state index in [9.17, 15) is 5.26 Å². The molecular formula is C37H65NO. The van der Waals surface area contributed by atoms with E-state index in [1.807, 2.05) is 0 Å². The van der Waals surface area contributed by atoms with Gasteiger partial charge in [-0.2, -0.15) is 5.26 Å². The van der Waals surface area contributed by atoms with Crippen LogP contribution in [0.5, 0.6) is 0 Å². The largest absolute Gasteiger partial charge is 0.374 e. The number of nitriles is 1. The topological polar surface area (TPSA) is 33.0 Å². The fraction of sp³-hybridized carbons (Fsp3) is 0.811. The van der Waals surface area contributed by atoms with Crippen molar-refractivity contribution in [2.24, 2.45) is 22.2 Å². The summed E-state index contributed by atoms with van der Waals surface area (Å²) < 4.78 is 6.81. The van der Waals surface area contributed by atoms with Crippen molar-refractivity contribution in [3.05, 3.63) is 35.4 Å². The lowest BCUT2D eigenvalue weighted by Crippen LogP contribution is -2.48. The molecule has 1 aromatic carbocycles. The average Bonchev–Trinajstić information content (AvgIpc) is 2.90. The zero-order valence-electron chi connectivity index (χ0n) is 28.0. The minimum absolute atomic E-state index is 0.0286. The fourth-order valence-corrected chi connectivity index (χ4v) is 6.01. The number of aryl methyl sites for hydroxylation is 1. The van der Waals surface area contributed by atoms with Gasteiger partial charge >= 0.3 is 0 Å². The molecule has 1 aromatic rings. The molecular weight excluding hydrogens is 474 g/mol. The van der Waals surface area contributed by atoms with Gasteiger partial charge in [-0.1, -0.05) is 133 Å². The highest BCUT2D eigenvalue weighted by Gasteiger charge is 2.46. The third-order valence-electron chi connectivity index (χ3n) is 9.63. The Hall–Kier alpha value is -1.33. The van der Waals surface area contributed by atoms with Gasteiger partial charge in [0.2, 0.25) is 0 Å². The van der Waals surface area contributed by atoms with E-state index < -0.39 is 0 Å². The Morgan fingerprint density at radius 1 is 0.923 bits per heavy atom. The van der Waals surface area contributed by atoms with Crippen LogP contribution in [0.4, 0.5) is 0 Å². The highest BCUT2D eigenvalue weighted by Crippen LogP contribution is 2.51. The molecule has 1 aliphatic rings. The molecule has 224 valence electrons. The second-order valence-electron chi connectivity index (χ2n) is 14.9. The third-order valence-corrected chi connectivity index (χ3v) is 9.63. The van der Waals surface area contributed by atoms with Gasteiger partial charge in [-0.25, -0.2) is 0 Å². The molecule has 0 N–H and O–H groups in total. The van der Waals surface area contributed by atoms with Gasteiger partial charge < -0.3 is 4.74 Å². The molecule has 1 heterocycles. The Morgan fingerprint density at radius 2 is 1.51 bits per heavy atom. The first-order chi connectivity index (χ1) is 18.2. The molecule has 0 amide bonds. The van der Waals surface area contributed by atoms with Crippen molar-refractivity contribution in [2.45, 2.75) is 165 Å². The van der Waals surface area contributed by atoms with Crippen LogP contribution in [-0.2, 0) is 11.2 Å². The number of ether oxygens (including phenoxy) is 1. The molecule has 0 spiro atoms. The minimum atomic E-state index is -0.0286. The molecule has 39 heavy (non-hydrogen) atoms. The van der Waals surface area contributed by atoms with E-state index in [1.54, 1.807) is 0 Å². The molecule has 0 saturated carbocycles. The van der Waals surface area contributed by atoms with E-state index in [4.69, 9.17) is 4.74 Å². The number of benzene rings is 1. The maximum atomic E-state index is 9.22. The zero-order chi connectivity index (χ0) is 29.7.